The Hall–Kier alpha value is -2.86. The summed E-state index contributed by atoms with van der Waals surface area (Å²) in [6.45, 7) is -0.444. The van der Waals surface area contributed by atoms with Crippen LogP contribution in [0.2, 0.25) is 0 Å². The smallest absolute Gasteiger partial charge is 0.333 e. The number of anilines is 1. The number of benzene rings is 1. The zero-order chi connectivity index (χ0) is 21.6. The maximum absolute atomic E-state index is 12.3. The summed E-state index contributed by atoms with van der Waals surface area (Å²) in [4.78, 5) is 16.7. The molecule has 1 fully saturated rings. The highest BCUT2D eigenvalue weighted by molar-refractivity contribution is 7.84. The minimum absolute atomic E-state index is 0.0908. The van der Waals surface area contributed by atoms with Gasteiger partial charge in [-0.15, -0.1) is 0 Å². The number of ketones is 1. The molecule has 1 aromatic carbocycles. The molecule has 0 amide bonds. The van der Waals surface area contributed by atoms with Crippen molar-refractivity contribution in [1.82, 2.24) is 14.6 Å². The van der Waals surface area contributed by atoms with E-state index >= 15 is 0 Å². The number of nitrogens with zero attached hydrogens (tertiary/aromatic N) is 3. The maximum Gasteiger partial charge on any atom is 0.333 e. The average Bonchev–Trinajstić information content (AvgIpc) is 3.43. The molecule has 1 aliphatic heterocycles. The SMILES string of the molecule is NS(=O)(=O)OC[C@H]1O[C@@H](c2ccc3c(N[C@H]4CCc5ccccc54)ncnn23)CC1=O. The van der Waals surface area contributed by atoms with Crippen molar-refractivity contribution in [2.75, 3.05) is 11.9 Å². The Balaban J connectivity index is 1.37. The molecule has 0 bridgehead atoms. The van der Waals surface area contributed by atoms with Crippen molar-refractivity contribution in [3.8, 4) is 0 Å². The summed E-state index contributed by atoms with van der Waals surface area (Å²) < 4.78 is 34.0. The van der Waals surface area contributed by atoms with E-state index in [4.69, 9.17) is 9.88 Å². The summed E-state index contributed by atoms with van der Waals surface area (Å²) >= 11 is 0. The fourth-order valence-electron chi connectivity index (χ4n) is 4.28. The number of nitrogens with one attached hydrogen (secondary N) is 1. The first kappa shape index (κ1) is 20.1. The molecule has 1 aliphatic carbocycles. The summed E-state index contributed by atoms with van der Waals surface area (Å²) in [6, 6.07) is 12.2. The van der Waals surface area contributed by atoms with Crippen molar-refractivity contribution in [3.05, 3.63) is 59.5 Å². The zero-order valence-corrected chi connectivity index (χ0v) is 17.3. The topological polar surface area (TPSA) is 138 Å². The number of hydrogen-bond donors (Lipinski definition) is 2. The highest BCUT2D eigenvalue weighted by atomic mass is 32.2. The first-order valence-corrected chi connectivity index (χ1v) is 11.4. The summed E-state index contributed by atoms with van der Waals surface area (Å²) in [5.74, 6) is 0.444. The van der Waals surface area contributed by atoms with Crippen molar-refractivity contribution in [1.29, 1.82) is 0 Å². The highest BCUT2D eigenvalue weighted by Gasteiger charge is 2.37. The zero-order valence-electron chi connectivity index (χ0n) is 16.5. The van der Waals surface area contributed by atoms with Gasteiger partial charge in [-0.1, -0.05) is 24.3 Å². The first-order chi connectivity index (χ1) is 14.9. The van der Waals surface area contributed by atoms with Gasteiger partial charge in [-0.05, 0) is 36.1 Å². The standard InChI is InChI=1S/C20H21N5O5S/c21-31(27,28)29-10-19-17(26)9-18(30-19)15-7-8-16-20(22-11-23-25(15)16)24-14-6-5-12-3-1-2-4-13(12)14/h1-4,7-8,11,14,18-19H,5-6,9-10H2,(H2,21,27,28)(H,22,23,24)/t14-,18+,19+/m0/s1. The van der Waals surface area contributed by atoms with E-state index in [2.05, 4.69) is 31.7 Å². The second-order valence-corrected chi connectivity index (χ2v) is 8.88. The Labute approximate surface area is 178 Å². The molecule has 2 aromatic heterocycles. The highest BCUT2D eigenvalue weighted by Crippen LogP contribution is 2.36. The monoisotopic (exact) mass is 443 g/mol. The largest absolute Gasteiger partial charge is 0.361 e. The molecule has 3 heterocycles. The average molecular weight is 443 g/mol. The molecule has 3 aromatic rings. The Morgan fingerprint density at radius 3 is 2.94 bits per heavy atom. The Kier molecular flexibility index (Phi) is 4.97. The molecule has 0 unspecified atom stereocenters. The van der Waals surface area contributed by atoms with Gasteiger partial charge >= 0.3 is 10.3 Å². The van der Waals surface area contributed by atoms with Crippen LogP contribution >= 0.6 is 0 Å². The number of nitrogens with two attached hydrogens (primary N) is 1. The maximum atomic E-state index is 12.3. The predicted molar refractivity (Wildman–Crippen MR) is 110 cm³/mol. The van der Waals surface area contributed by atoms with Gasteiger partial charge in [0.25, 0.3) is 0 Å². The van der Waals surface area contributed by atoms with E-state index in [0.717, 1.165) is 18.4 Å². The van der Waals surface area contributed by atoms with Crippen LogP contribution in [-0.4, -0.2) is 41.5 Å². The first-order valence-electron chi connectivity index (χ1n) is 9.91. The van der Waals surface area contributed by atoms with E-state index in [-0.39, 0.29) is 18.2 Å². The third kappa shape index (κ3) is 3.92. The quantitative estimate of drug-likeness (QED) is 0.584. The summed E-state index contributed by atoms with van der Waals surface area (Å²) in [5, 5.41) is 12.7. The Bertz CT molecular complexity index is 1260. The molecule has 1 saturated heterocycles. The molecule has 0 radical (unpaired) electrons. The van der Waals surface area contributed by atoms with Gasteiger partial charge in [0, 0.05) is 6.42 Å². The molecule has 5 rings (SSSR count). The van der Waals surface area contributed by atoms with Gasteiger partial charge in [0.15, 0.2) is 11.6 Å². The van der Waals surface area contributed by atoms with Gasteiger partial charge in [0.05, 0.1) is 11.7 Å². The van der Waals surface area contributed by atoms with Crippen molar-refractivity contribution in [3.63, 3.8) is 0 Å². The molecule has 2 aliphatic rings. The fraction of sp³-hybridized carbons (Fsp3) is 0.350. The van der Waals surface area contributed by atoms with Crippen LogP contribution in [0.5, 0.6) is 0 Å². The molecule has 3 atom stereocenters. The van der Waals surface area contributed by atoms with E-state index in [0.29, 0.717) is 11.5 Å². The van der Waals surface area contributed by atoms with E-state index in [1.165, 1.54) is 17.5 Å². The lowest BCUT2D eigenvalue weighted by Gasteiger charge is -2.16. The van der Waals surface area contributed by atoms with Gasteiger partial charge in [0.2, 0.25) is 0 Å². The van der Waals surface area contributed by atoms with E-state index in [9.17, 15) is 13.2 Å². The number of aromatic nitrogens is 3. The van der Waals surface area contributed by atoms with Crippen LogP contribution < -0.4 is 10.5 Å². The van der Waals surface area contributed by atoms with Crippen molar-refractivity contribution in [2.24, 2.45) is 5.14 Å². The molecule has 162 valence electrons. The van der Waals surface area contributed by atoms with Gasteiger partial charge in [-0.2, -0.15) is 13.5 Å². The molecule has 11 heteroatoms. The number of fused-ring (bicyclic) bond motifs is 2. The number of carbonyl (C=O) groups excluding carboxylic acids is 1. The molecule has 31 heavy (non-hydrogen) atoms. The summed E-state index contributed by atoms with van der Waals surface area (Å²) in [6.07, 6.45) is 1.98. The molecular weight excluding hydrogens is 422 g/mol. The Morgan fingerprint density at radius 1 is 1.26 bits per heavy atom. The minimum Gasteiger partial charge on any atom is -0.361 e. The van der Waals surface area contributed by atoms with E-state index in [1.54, 1.807) is 4.52 Å². The van der Waals surface area contributed by atoms with Crippen molar-refractivity contribution < 1.29 is 22.1 Å². The third-order valence-electron chi connectivity index (χ3n) is 5.71. The van der Waals surface area contributed by atoms with Crippen LogP contribution in [0.15, 0.2) is 42.7 Å². The van der Waals surface area contributed by atoms with Crippen LogP contribution in [0.4, 0.5) is 5.82 Å². The van der Waals surface area contributed by atoms with Gasteiger partial charge < -0.3 is 10.1 Å². The lowest BCUT2D eigenvalue weighted by Crippen LogP contribution is -2.27. The van der Waals surface area contributed by atoms with Crippen LogP contribution in [0.25, 0.3) is 5.52 Å². The lowest BCUT2D eigenvalue weighted by molar-refractivity contribution is -0.123. The fourth-order valence-corrected chi connectivity index (χ4v) is 4.59. The molecule has 3 N–H and O–H groups in total. The number of hydrogen-bond acceptors (Lipinski definition) is 8. The molecular formula is C20H21N5O5S. The number of Topliss-reactive ketones (excluding diaryl/α,β-unsaturated/α-hetero) is 1. The van der Waals surface area contributed by atoms with Crippen LogP contribution in [-0.2, 0) is 30.4 Å². The minimum atomic E-state index is -4.15. The third-order valence-corrected chi connectivity index (χ3v) is 6.18. The van der Waals surface area contributed by atoms with Crippen molar-refractivity contribution in [2.45, 2.75) is 37.5 Å². The lowest BCUT2D eigenvalue weighted by atomic mass is 10.1. The number of aryl methyl sites for hydroxylation is 1. The number of ether oxygens (including phenoxy) is 1. The van der Waals surface area contributed by atoms with Crippen LogP contribution in [0.3, 0.4) is 0 Å². The van der Waals surface area contributed by atoms with Gasteiger partial charge in [-0.3, -0.25) is 8.98 Å². The second kappa shape index (κ2) is 7.68. The predicted octanol–water partition coefficient (Wildman–Crippen LogP) is 1.45. The molecule has 0 saturated carbocycles. The Morgan fingerprint density at radius 2 is 2.10 bits per heavy atom. The van der Waals surface area contributed by atoms with E-state index < -0.39 is 29.1 Å². The van der Waals surface area contributed by atoms with Crippen LogP contribution in [0.1, 0.15) is 41.8 Å². The van der Waals surface area contributed by atoms with Crippen LogP contribution in [0, 0.1) is 0 Å². The molecule has 10 nitrogen and oxygen atoms in total. The molecule has 0 spiro atoms. The summed E-state index contributed by atoms with van der Waals surface area (Å²) in [5.41, 5.74) is 4.06. The number of carbonyl (C=O) groups is 1. The van der Waals surface area contributed by atoms with Crippen molar-refractivity contribution >= 4 is 27.4 Å². The number of rotatable bonds is 6. The second-order valence-electron chi connectivity index (χ2n) is 7.66. The van der Waals surface area contributed by atoms with E-state index in [1.807, 2.05) is 24.3 Å². The van der Waals surface area contributed by atoms with Gasteiger partial charge in [-0.25, -0.2) is 14.6 Å². The summed E-state index contributed by atoms with van der Waals surface area (Å²) in [7, 11) is -4.15. The normalized spacial score (nSPS) is 23.4. The van der Waals surface area contributed by atoms with Gasteiger partial charge in [0.1, 0.15) is 30.7 Å².